The first kappa shape index (κ1) is 20.8. The summed E-state index contributed by atoms with van der Waals surface area (Å²) in [5.74, 6) is 2.48. The van der Waals surface area contributed by atoms with E-state index in [1.54, 1.807) is 18.4 Å². The van der Waals surface area contributed by atoms with E-state index in [-0.39, 0.29) is 29.4 Å². The molecule has 0 saturated carbocycles. The van der Waals surface area contributed by atoms with E-state index in [0.717, 1.165) is 37.0 Å². The molecular weight excluding hydrogens is 461 g/mol. The number of nitrogens with one attached hydrogen (secondary N) is 2. The van der Waals surface area contributed by atoms with Gasteiger partial charge in [-0.15, -0.1) is 35.3 Å². The number of aliphatic imine (C=N–C) groups is 1. The van der Waals surface area contributed by atoms with Crippen molar-refractivity contribution in [2.24, 2.45) is 4.99 Å². The van der Waals surface area contributed by atoms with Crippen molar-refractivity contribution in [3.05, 3.63) is 46.2 Å². The maximum absolute atomic E-state index is 5.42. The van der Waals surface area contributed by atoms with Crippen LogP contribution in [-0.4, -0.2) is 32.9 Å². The van der Waals surface area contributed by atoms with Crippen molar-refractivity contribution in [1.82, 2.24) is 10.6 Å². The van der Waals surface area contributed by atoms with E-state index in [2.05, 4.69) is 53.1 Å². The lowest BCUT2D eigenvalue weighted by molar-refractivity contribution is 0.174. The van der Waals surface area contributed by atoms with Crippen LogP contribution in [0.1, 0.15) is 24.3 Å². The second-order valence-corrected chi connectivity index (χ2v) is 7.60. The van der Waals surface area contributed by atoms with Crippen LogP contribution in [0.15, 0.2) is 40.7 Å². The van der Waals surface area contributed by atoms with Crippen molar-refractivity contribution in [1.29, 1.82) is 0 Å². The van der Waals surface area contributed by atoms with E-state index in [9.17, 15) is 0 Å². The Morgan fingerprint density at radius 3 is 2.73 bits per heavy atom. The molecule has 3 rings (SSSR count). The van der Waals surface area contributed by atoms with Crippen LogP contribution in [0.25, 0.3) is 0 Å². The summed E-state index contributed by atoms with van der Waals surface area (Å²) >= 11 is 1.79. The van der Waals surface area contributed by atoms with Crippen LogP contribution in [0.3, 0.4) is 0 Å². The van der Waals surface area contributed by atoms with Crippen LogP contribution in [-0.2, 0) is 11.8 Å². The summed E-state index contributed by atoms with van der Waals surface area (Å²) in [5.41, 5.74) is 1.29. The average molecular weight is 487 g/mol. The summed E-state index contributed by atoms with van der Waals surface area (Å²) in [5, 5.41) is 8.92. The molecule has 0 unspecified atom stereocenters. The Bertz CT molecular complexity index is 732. The molecule has 5 nitrogen and oxygen atoms in total. The Kier molecular flexibility index (Phi) is 7.57. The number of fused-ring (bicyclic) bond motifs is 1. The number of hydrogen-bond acceptors (Lipinski definition) is 4. The molecule has 26 heavy (non-hydrogen) atoms. The molecule has 0 amide bonds. The molecule has 0 fully saturated rings. The standard InChI is InChI=1S/C19H25N3O2S.HI/c1-19(2,17-5-4-10-25-17)12-22-18(20-3)21-9-8-14-6-7-15-16(11-14)24-13-23-15;/h4-7,10-11H,8-9,12-13H2,1-3H3,(H2,20,21,22);1H. The van der Waals surface area contributed by atoms with E-state index >= 15 is 0 Å². The summed E-state index contributed by atoms with van der Waals surface area (Å²) in [4.78, 5) is 5.69. The number of guanidine groups is 1. The number of rotatable bonds is 6. The van der Waals surface area contributed by atoms with Crippen LogP contribution >= 0.6 is 35.3 Å². The highest BCUT2D eigenvalue weighted by Crippen LogP contribution is 2.32. The van der Waals surface area contributed by atoms with Gasteiger partial charge in [-0.1, -0.05) is 26.0 Å². The molecule has 0 bridgehead atoms. The molecule has 2 heterocycles. The highest BCUT2D eigenvalue weighted by molar-refractivity contribution is 14.0. The van der Waals surface area contributed by atoms with E-state index in [1.165, 1.54) is 10.4 Å². The molecule has 0 aliphatic carbocycles. The molecule has 2 N–H and O–H groups in total. The van der Waals surface area contributed by atoms with Crippen LogP contribution in [0, 0.1) is 0 Å². The van der Waals surface area contributed by atoms with Crippen molar-refractivity contribution in [2.45, 2.75) is 25.7 Å². The van der Waals surface area contributed by atoms with E-state index in [0.29, 0.717) is 6.79 Å². The van der Waals surface area contributed by atoms with Gasteiger partial charge >= 0.3 is 0 Å². The molecule has 1 aliphatic rings. The van der Waals surface area contributed by atoms with Crippen LogP contribution in [0.5, 0.6) is 11.5 Å². The molecule has 1 aromatic heterocycles. The van der Waals surface area contributed by atoms with Gasteiger partial charge in [-0.25, -0.2) is 0 Å². The normalized spacial score (nSPS) is 13.3. The molecule has 1 aromatic carbocycles. The summed E-state index contributed by atoms with van der Waals surface area (Å²) in [6, 6.07) is 10.4. The molecule has 0 atom stereocenters. The number of thiophene rings is 1. The third-order valence-corrected chi connectivity index (χ3v) is 5.49. The van der Waals surface area contributed by atoms with Gasteiger partial charge in [0.1, 0.15) is 0 Å². The van der Waals surface area contributed by atoms with Gasteiger partial charge in [-0.3, -0.25) is 4.99 Å². The summed E-state index contributed by atoms with van der Waals surface area (Å²) in [7, 11) is 1.80. The molecule has 7 heteroatoms. The Morgan fingerprint density at radius 2 is 2.00 bits per heavy atom. The Morgan fingerprint density at radius 1 is 1.19 bits per heavy atom. The van der Waals surface area contributed by atoms with Gasteiger partial charge in [0.25, 0.3) is 0 Å². The fourth-order valence-electron chi connectivity index (χ4n) is 2.70. The highest BCUT2D eigenvalue weighted by Gasteiger charge is 2.21. The topological polar surface area (TPSA) is 54.9 Å². The van der Waals surface area contributed by atoms with Crippen LogP contribution in [0.2, 0.25) is 0 Å². The number of hydrogen-bond donors (Lipinski definition) is 2. The van der Waals surface area contributed by atoms with E-state index in [4.69, 9.17) is 9.47 Å². The van der Waals surface area contributed by atoms with Crippen LogP contribution < -0.4 is 20.1 Å². The quantitative estimate of drug-likeness (QED) is 0.370. The minimum Gasteiger partial charge on any atom is -0.454 e. The zero-order valence-corrected chi connectivity index (χ0v) is 18.5. The van der Waals surface area contributed by atoms with Crippen molar-refractivity contribution in [3.63, 3.8) is 0 Å². The van der Waals surface area contributed by atoms with Crippen molar-refractivity contribution in [3.8, 4) is 11.5 Å². The molecule has 2 aromatic rings. The first-order valence-corrected chi connectivity index (χ1v) is 9.33. The first-order valence-electron chi connectivity index (χ1n) is 8.45. The Balaban J connectivity index is 0.00000243. The van der Waals surface area contributed by atoms with Crippen molar-refractivity contribution >= 4 is 41.3 Å². The molecule has 1 aliphatic heterocycles. The van der Waals surface area contributed by atoms with E-state index in [1.807, 2.05) is 12.1 Å². The fourth-order valence-corrected chi connectivity index (χ4v) is 3.55. The third kappa shape index (κ3) is 5.26. The predicted octanol–water partition coefficient (Wildman–Crippen LogP) is 3.78. The largest absolute Gasteiger partial charge is 0.454 e. The van der Waals surface area contributed by atoms with E-state index < -0.39 is 0 Å². The lowest BCUT2D eigenvalue weighted by atomic mass is 9.91. The summed E-state index contributed by atoms with van der Waals surface area (Å²) in [6.07, 6.45) is 0.895. The Hall–Kier alpha value is -1.48. The number of ether oxygens (including phenoxy) is 2. The Labute approximate surface area is 176 Å². The third-order valence-electron chi connectivity index (χ3n) is 4.25. The van der Waals surface area contributed by atoms with Gasteiger partial charge in [-0.05, 0) is 35.6 Å². The smallest absolute Gasteiger partial charge is 0.231 e. The second-order valence-electron chi connectivity index (χ2n) is 6.65. The molecule has 142 valence electrons. The maximum Gasteiger partial charge on any atom is 0.231 e. The van der Waals surface area contributed by atoms with Gasteiger partial charge in [0, 0.05) is 30.4 Å². The predicted molar refractivity (Wildman–Crippen MR) is 118 cm³/mol. The van der Waals surface area contributed by atoms with Gasteiger partial charge < -0.3 is 20.1 Å². The molecule has 0 radical (unpaired) electrons. The monoisotopic (exact) mass is 487 g/mol. The maximum atomic E-state index is 5.42. The van der Waals surface area contributed by atoms with Crippen molar-refractivity contribution in [2.75, 3.05) is 26.9 Å². The first-order chi connectivity index (χ1) is 12.1. The summed E-state index contributed by atoms with van der Waals surface area (Å²) < 4.78 is 10.8. The summed E-state index contributed by atoms with van der Waals surface area (Å²) in [6.45, 7) is 6.43. The van der Waals surface area contributed by atoms with Gasteiger partial charge in [0.15, 0.2) is 17.5 Å². The lowest BCUT2D eigenvalue weighted by Crippen LogP contribution is -2.43. The SMILES string of the molecule is CN=C(NCCc1ccc2c(c1)OCO2)NCC(C)(C)c1cccs1.I. The van der Waals surface area contributed by atoms with Gasteiger partial charge in [-0.2, -0.15) is 0 Å². The number of benzene rings is 1. The second kappa shape index (κ2) is 9.45. The van der Waals surface area contributed by atoms with Crippen molar-refractivity contribution < 1.29 is 9.47 Å². The lowest BCUT2D eigenvalue weighted by Gasteiger charge is -2.25. The van der Waals surface area contributed by atoms with Gasteiger partial charge in [0.2, 0.25) is 6.79 Å². The number of halogens is 1. The zero-order chi connectivity index (χ0) is 17.7. The highest BCUT2D eigenvalue weighted by atomic mass is 127. The molecule has 0 spiro atoms. The van der Waals surface area contributed by atoms with Crippen LogP contribution in [0.4, 0.5) is 0 Å². The fraction of sp³-hybridized carbons (Fsp3) is 0.421. The number of nitrogens with zero attached hydrogens (tertiary/aromatic N) is 1. The minimum atomic E-state index is 0. The van der Waals surface area contributed by atoms with Gasteiger partial charge in [0.05, 0.1) is 0 Å². The zero-order valence-electron chi connectivity index (χ0n) is 15.4. The molecule has 0 saturated heterocycles. The minimum absolute atomic E-state index is 0. The average Bonchev–Trinajstić information content (AvgIpc) is 3.29. The molecular formula is C19H26IN3O2S.